The van der Waals surface area contributed by atoms with Gasteiger partial charge in [-0.2, -0.15) is 5.10 Å². The Morgan fingerprint density at radius 1 is 1.55 bits per heavy atom. The Hall–Kier alpha value is -1.73. The molecule has 2 rings (SSSR count). The maximum Gasteiger partial charge on any atom is 0.246 e. The predicted octanol–water partition coefficient (Wildman–Crippen LogP) is 2.27. The lowest BCUT2D eigenvalue weighted by molar-refractivity contribution is -0.117. The molecule has 1 unspecified atom stereocenters. The minimum atomic E-state index is -0.827. The first-order chi connectivity index (χ1) is 9.38. The van der Waals surface area contributed by atoms with E-state index in [1.54, 1.807) is 24.9 Å². The quantitative estimate of drug-likeness (QED) is 0.900. The molecule has 0 spiro atoms. The molecule has 1 amide bonds. The molecular formula is C13H14BrFN4O. The van der Waals surface area contributed by atoms with Gasteiger partial charge in [-0.3, -0.25) is 9.48 Å². The average molecular weight is 341 g/mol. The van der Waals surface area contributed by atoms with Crippen molar-refractivity contribution in [1.82, 2.24) is 9.78 Å². The first kappa shape index (κ1) is 14.7. The monoisotopic (exact) mass is 340 g/mol. The lowest BCUT2D eigenvalue weighted by Gasteiger charge is -2.13. The Balaban J connectivity index is 2.17. The number of aromatic nitrogens is 2. The summed E-state index contributed by atoms with van der Waals surface area (Å²) in [6.07, 6.45) is 3.22. The number of hydrogen-bond acceptors (Lipinski definition) is 3. The van der Waals surface area contributed by atoms with E-state index in [0.29, 0.717) is 16.8 Å². The maximum atomic E-state index is 13.3. The number of rotatable bonds is 3. The fourth-order valence-electron chi connectivity index (χ4n) is 1.74. The normalized spacial score (nSPS) is 12.2. The number of carbonyl (C=O) groups excluding carboxylic acids is 1. The van der Waals surface area contributed by atoms with Crippen LogP contribution in [-0.4, -0.2) is 15.7 Å². The smallest absolute Gasteiger partial charge is 0.246 e. The summed E-state index contributed by atoms with van der Waals surface area (Å²) in [4.78, 5) is 12.1. The molecule has 0 aliphatic rings. The zero-order valence-electron chi connectivity index (χ0n) is 11.0. The highest BCUT2D eigenvalue weighted by Crippen LogP contribution is 2.25. The van der Waals surface area contributed by atoms with Crippen molar-refractivity contribution in [2.45, 2.75) is 13.0 Å². The Morgan fingerprint density at radius 2 is 2.25 bits per heavy atom. The molecule has 1 heterocycles. The molecule has 1 aromatic carbocycles. The van der Waals surface area contributed by atoms with Crippen LogP contribution in [0, 0.1) is 12.7 Å². The molecule has 5 nitrogen and oxygen atoms in total. The van der Waals surface area contributed by atoms with Gasteiger partial charge in [-0.15, -0.1) is 0 Å². The lowest BCUT2D eigenvalue weighted by atomic mass is 10.1. The van der Waals surface area contributed by atoms with Gasteiger partial charge in [0.25, 0.3) is 0 Å². The van der Waals surface area contributed by atoms with Crippen molar-refractivity contribution < 1.29 is 9.18 Å². The van der Waals surface area contributed by atoms with Gasteiger partial charge in [0, 0.05) is 24.5 Å². The number of halogens is 2. The van der Waals surface area contributed by atoms with Crippen LogP contribution in [0.3, 0.4) is 0 Å². The van der Waals surface area contributed by atoms with E-state index in [9.17, 15) is 9.18 Å². The molecule has 106 valence electrons. The first-order valence-corrected chi connectivity index (χ1v) is 6.68. The van der Waals surface area contributed by atoms with Gasteiger partial charge < -0.3 is 11.1 Å². The largest absolute Gasteiger partial charge is 0.324 e. The zero-order valence-corrected chi connectivity index (χ0v) is 12.6. The second-order valence-corrected chi connectivity index (χ2v) is 5.35. The Morgan fingerprint density at radius 3 is 2.85 bits per heavy atom. The summed E-state index contributed by atoms with van der Waals surface area (Å²) < 4.78 is 15.2. The van der Waals surface area contributed by atoms with E-state index in [-0.39, 0.29) is 16.2 Å². The average Bonchev–Trinajstić information content (AvgIpc) is 2.81. The van der Waals surface area contributed by atoms with Crippen LogP contribution in [0.25, 0.3) is 0 Å². The van der Waals surface area contributed by atoms with E-state index in [1.807, 2.05) is 0 Å². The van der Waals surface area contributed by atoms with Crippen molar-refractivity contribution in [3.63, 3.8) is 0 Å². The van der Waals surface area contributed by atoms with Crippen LogP contribution in [0.1, 0.15) is 17.2 Å². The lowest BCUT2D eigenvalue weighted by Crippen LogP contribution is -2.27. The summed E-state index contributed by atoms with van der Waals surface area (Å²) in [6.45, 7) is 1.71. The van der Waals surface area contributed by atoms with E-state index in [2.05, 4.69) is 26.3 Å². The fraction of sp³-hybridized carbons (Fsp3) is 0.231. The van der Waals surface area contributed by atoms with Crippen molar-refractivity contribution in [3.8, 4) is 0 Å². The third-order valence-corrected chi connectivity index (χ3v) is 3.50. The van der Waals surface area contributed by atoms with Crippen LogP contribution in [-0.2, 0) is 11.8 Å². The van der Waals surface area contributed by atoms with E-state index >= 15 is 0 Å². The standard InChI is InChI=1S/C13H14BrFN4O/c1-7-3-10(15)9(14)4-11(7)18-13(20)12(16)8-5-17-19(2)6-8/h3-6,12H,16H2,1-2H3,(H,18,20). The Labute approximate surface area is 124 Å². The Bertz CT molecular complexity index is 656. The van der Waals surface area contributed by atoms with Crippen LogP contribution >= 0.6 is 15.9 Å². The second kappa shape index (κ2) is 5.72. The molecule has 0 fully saturated rings. The van der Waals surface area contributed by atoms with Crippen molar-refractivity contribution in [2.24, 2.45) is 12.8 Å². The molecular weight excluding hydrogens is 327 g/mol. The SMILES string of the molecule is Cc1cc(F)c(Br)cc1NC(=O)C(N)c1cnn(C)c1. The summed E-state index contributed by atoms with van der Waals surface area (Å²) in [5.74, 6) is -0.753. The highest BCUT2D eigenvalue weighted by atomic mass is 79.9. The molecule has 20 heavy (non-hydrogen) atoms. The van der Waals surface area contributed by atoms with Gasteiger partial charge in [0.15, 0.2) is 0 Å². The van der Waals surface area contributed by atoms with Gasteiger partial charge in [0.1, 0.15) is 11.9 Å². The van der Waals surface area contributed by atoms with Crippen LogP contribution in [0.2, 0.25) is 0 Å². The third-order valence-electron chi connectivity index (χ3n) is 2.89. The second-order valence-electron chi connectivity index (χ2n) is 4.50. The van der Waals surface area contributed by atoms with Crippen LogP contribution in [0.15, 0.2) is 29.0 Å². The molecule has 0 radical (unpaired) electrons. The number of amides is 1. The fourth-order valence-corrected chi connectivity index (χ4v) is 2.09. The third kappa shape index (κ3) is 3.05. The highest BCUT2D eigenvalue weighted by molar-refractivity contribution is 9.10. The van der Waals surface area contributed by atoms with Crippen LogP contribution in [0.5, 0.6) is 0 Å². The molecule has 3 N–H and O–H groups in total. The number of nitrogens with one attached hydrogen (secondary N) is 1. The topological polar surface area (TPSA) is 72.9 Å². The number of nitrogens with zero attached hydrogens (tertiary/aromatic N) is 2. The Kier molecular flexibility index (Phi) is 4.20. The molecule has 0 aliphatic heterocycles. The van der Waals surface area contributed by atoms with Crippen LogP contribution < -0.4 is 11.1 Å². The van der Waals surface area contributed by atoms with E-state index in [4.69, 9.17) is 5.73 Å². The predicted molar refractivity (Wildman–Crippen MR) is 77.6 cm³/mol. The summed E-state index contributed by atoms with van der Waals surface area (Å²) in [7, 11) is 1.75. The van der Waals surface area contributed by atoms with Gasteiger partial charge in [-0.25, -0.2) is 4.39 Å². The maximum absolute atomic E-state index is 13.3. The number of anilines is 1. The zero-order chi connectivity index (χ0) is 14.9. The summed E-state index contributed by atoms with van der Waals surface area (Å²) in [5, 5.41) is 6.66. The van der Waals surface area contributed by atoms with Crippen molar-refractivity contribution in [1.29, 1.82) is 0 Å². The molecule has 7 heteroatoms. The number of hydrogen-bond donors (Lipinski definition) is 2. The van der Waals surface area contributed by atoms with E-state index < -0.39 is 6.04 Å². The van der Waals surface area contributed by atoms with Crippen molar-refractivity contribution in [2.75, 3.05) is 5.32 Å². The molecule has 0 saturated heterocycles. The molecule has 0 bridgehead atoms. The van der Waals surface area contributed by atoms with Gasteiger partial charge in [-0.1, -0.05) is 0 Å². The van der Waals surface area contributed by atoms with E-state index in [0.717, 1.165) is 0 Å². The van der Waals surface area contributed by atoms with Gasteiger partial charge in [0.2, 0.25) is 5.91 Å². The summed E-state index contributed by atoms with van der Waals surface area (Å²) in [6, 6.07) is 2.03. The first-order valence-electron chi connectivity index (χ1n) is 5.89. The van der Waals surface area contributed by atoms with E-state index in [1.165, 1.54) is 18.3 Å². The molecule has 0 aliphatic carbocycles. The summed E-state index contributed by atoms with van der Waals surface area (Å²) >= 11 is 3.08. The number of nitrogens with two attached hydrogens (primary N) is 1. The molecule has 1 atom stereocenters. The number of aryl methyl sites for hydroxylation is 2. The molecule has 1 aromatic heterocycles. The van der Waals surface area contributed by atoms with Gasteiger partial charge >= 0.3 is 0 Å². The molecule has 0 saturated carbocycles. The van der Waals surface area contributed by atoms with Gasteiger partial charge in [0.05, 0.1) is 10.7 Å². The minimum Gasteiger partial charge on any atom is -0.324 e. The molecule has 2 aromatic rings. The van der Waals surface area contributed by atoms with Crippen LogP contribution in [0.4, 0.5) is 10.1 Å². The van der Waals surface area contributed by atoms with Gasteiger partial charge in [-0.05, 0) is 40.5 Å². The highest BCUT2D eigenvalue weighted by Gasteiger charge is 2.18. The number of carbonyl (C=O) groups is 1. The summed E-state index contributed by atoms with van der Waals surface area (Å²) in [5.41, 5.74) is 7.62. The number of benzene rings is 1. The van der Waals surface area contributed by atoms with Crippen molar-refractivity contribution >= 4 is 27.5 Å². The minimum absolute atomic E-state index is 0.286. The van der Waals surface area contributed by atoms with Crippen molar-refractivity contribution in [3.05, 3.63) is 45.9 Å².